The molecule has 54 heavy (non-hydrogen) atoms. The van der Waals surface area contributed by atoms with Crippen LogP contribution in [-0.2, 0) is 15.0 Å². The van der Waals surface area contributed by atoms with E-state index in [-0.39, 0.29) is 59.0 Å². The molecule has 280 valence electrons. The van der Waals surface area contributed by atoms with Crippen LogP contribution in [0.5, 0.6) is 17.2 Å². The lowest BCUT2D eigenvalue weighted by Crippen LogP contribution is -2.53. The molecule has 2 aliphatic rings. The Bertz CT molecular complexity index is 2010. The molecule has 12 heteroatoms. The van der Waals surface area contributed by atoms with Crippen molar-refractivity contribution in [3.8, 4) is 17.2 Å². The van der Waals surface area contributed by atoms with Gasteiger partial charge in [0, 0.05) is 55.4 Å². The zero-order chi connectivity index (χ0) is 38.4. The molecule has 2 N–H and O–H groups in total. The average molecular weight is 732 g/mol. The molecule has 1 unspecified atom stereocenters. The monoisotopic (exact) mass is 731 g/mol. The predicted molar refractivity (Wildman–Crippen MR) is 202 cm³/mol. The summed E-state index contributed by atoms with van der Waals surface area (Å²) >= 11 is 0. The van der Waals surface area contributed by atoms with Crippen LogP contribution in [0.3, 0.4) is 0 Å². The van der Waals surface area contributed by atoms with Gasteiger partial charge in [-0.25, -0.2) is 9.97 Å². The van der Waals surface area contributed by atoms with Crippen LogP contribution in [0.15, 0.2) is 79.1 Å². The molecule has 1 atom stereocenters. The third-order valence-electron chi connectivity index (χ3n) is 10.2. The van der Waals surface area contributed by atoms with Gasteiger partial charge >= 0.3 is 0 Å². The van der Waals surface area contributed by atoms with Crippen molar-refractivity contribution in [2.24, 2.45) is 0 Å². The fourth-order valence-corrected chi connectivity index (χ4v) is 6.68. The number of aldehydes is 1. The molecule has 12 nitrogen and oxygen atoms in total. The first-order valence-corrected chi connectivity index (χ1v) is 18.3. The number of hydrogen-bond donors (Lipinski definition) is 2. The summed E-state index contributed by atoms with van der Waals surface area (Å²) in [4.78, 5) is 70.8. The predicted octanol–water partition coefficient (Wildman–Crippen LogP) is 6.68. The maximum Gasteiger partial charge on any atom is 0.255 e. The third kappa shape index (κ3) is 8.65. The van der Waals surface area contributed by atoms with Crippen molar-refractivity contribution in [2.45, 2.75) is 89.3 Å². The fourth-order valence-electron chi connectivity index (χ4n) is 6.68. The number of carbonyl (C=O) groups excluding carboxylic acids is 5. The number of ketones is 1. The van der Waals surface area contributed by atoms with Gasteiger partial charge in [0.15, 0.2) is 23.6 Å². The molecule has 0 bridgehead atoms. The van der Waals surface area contributed by atoms with E-state index >= 15 is 0 Å². The van der Waals surface area contributed by atoms with Crippen molar-refractivity contribution in [2.75, 3.05) is 12.4 Å². The van der Waals surface area contributed by atoms with Crippen LogP contribution >= 0.6 is 0 Å². The van der Waals surface area contributed by atoms with Gasteiger partial charge in [-0.2, -0.15) is 0 Å². The number of likely N-dealkylation sites (N-methyl/N-ethyl adjacent to an activating group) is 1. The van der Waals surface area contributed by atoms with Gasteiger partial charge in [0.2, 0.25) is 11.8 Å². The van der Waals surface area contributed by atoms with Gasteiger partial charge in [-0.15, -0.1) is 0 Å². The molecule has 1 aliphatic heterocycles. The number of imide groups is 1. The highest BCUT2D eigenvalue weighted by Crippen LogP contribution is 2.35. The molecule has 2 heterocycles. The number of carbonyl (C=O) groups is 5. The summed E-state index contributed by atoms with van der Waals surface area (Å²) in [6.45, 7) is 6.36. The number of aromatic nitrogens is 2. The fraction of sp³-hybridized carbons (Fsp3) is 0.357. The number of Topliss-reactive ketones (excluding diaryl/α,β-unsaturated/α-hetero) is 1. The highest BCUT2D eigenvalue weighted by molar-refractivity contribution is 6.06. The summed E-state index contributed by atoms with van der Waals surface area (Å²) in [5.74, 6) is 0.684. The van der Waals surface area contributed by atoms with Crippen LogP contribution in [0.4, 0.5) is 5.69 Å². The Morgan fingerprint density at radius 3 is 2.20 bits per heavy atom. The number of nitrogens with one attached hydrogen (secondary N) is 2. The molecule has 1 saturated heterocycles. The normalized spacial score (nSPS) is 18.2. The highest BCUT2D eigenvalue weighted by Gasteiger charge is 2.34. The van der Waals surface area contributed by atoms with Gasteiger partial charge < -0.3 is 19.7 Å². The Balaban J connectivity index is 0.998. The van der Waals surface area contributed by atoms with Crippen LogP contribution in [0.2, 0.25) is 0 Å². The van der Waals surface area contributed by atoms with Crippen LogP contribution in [0, 0.1) is 0 Å². The van der Waals surface area contributed by atoms with E-state index in [1.807, 2.05) is 43.3 Å². The van der Waals surface area contributed by atoms with Crippen LogP contribution < -0.4 is 20.1 Å². The van der Waals surface area contributed by atoms with Crippen molar-refractivity contribution < 1.29 is 33.4 Å². The van der Waals surface area contributed by atoms with Crippen molar-refractivity contribution in [1.29, 1.82) is 0 Å². The Morgan fingerprint density at radius 1 is 0.944 bits per heavy atom. The third-order valence-corrected chi connectivity index (χ3v) is 10.2. The first-order valence-electron chi connectivity index (χ1n) is 18.3. The molecule has 0 spiro atoms. The largest absolute Gasteiger partial charge is 0.490 e. The molecular weight excluding hydrogens is 686 g/mol. The second kappa shape index (κ2) is 16.4. The summed E-state index contributed by atoms with van der Waals surface area (Å²) in [5.41, 5.74) is 3.05. The number of piperidine rings is 1. The van der Waals surface area contributed by atoms with Crippen molar-refractivity contribution in [3.63, 3.8) is 0 Å². The molecule has 1 saturated carbocycles. The van der Waals surface area contributed by atoms with Crippen LogP contribution in [0.1, 0.15) is 108 Å². The number of anilines is 1. The number of amides is 3. The Hall–Kier alpha value is -5.91. The van der Waals surface area contributed by atoms with E-state index < -0.39 is 17.9 Å². The lowest BCUT2D eigenvalue weighted by atomic mass is 9.78. The molecule has 3 aromatic carbocycles. The smallest absolute Gasteiger partial charge is 0.255 e. The summed E-state index contributed by atoms with van der Waals surface area (Å²) in [7, 11) is 1.50. The second-order valence-corrected chi connectivity index (χ2v) is 14.4. The summed E-state index contributed by atoms with van der Waals surface area (Å²) in [6.07, 6.45) is 7.77. The molecule has 6 rings (SSSR count). The van der Waals surface area contributed by atoms with Crippen molar-refractivity contribution in [3.05, 3.63) is 107 Å². The summed E-state index contributed by atoms with van der Waals surface area (Å²) < 4.78 is 12.2. The lowest BCUT2D eigenvalue weighted by Gasteiger charge is -2.36. The standard InChI is InChI=1S/C42H45N5O7/c1-5-6-7-37(49)39-43-23-34(24-44-39)54-32-16-11-28(12-17-32)42(2,3)27-9-14-31(15-10-27)53-33-20-30(21-33)45-29-13-8-26(25-48)35(22-29)41(52)47(4)36-18-19-38(50)46-40(36)51/h8-17,22-25,30,33,36,45H,5-7,18-21H2,1-4H3,(H,46,50,51)/t30-,33-,36?. The Labute approximate surface area is 314 Å². The van der Waals surface area contributed by atoms with Crippen LogP contribution in [0.25, 0.3) is 0 Å². The van der Waals surface area contributed by atoms with Gasteiger partial charge in [0.25, 0.3) is 5.91 Å². The van der Waals surface area contributed by atoms with E-state index in [0.29, 0.717) is 29.9 Å². The van der Waals surface area contributed by atoms with Crippen LogP contribution in [-0.4, -0.2) is 69.9 Å². The van der Waals surface area contributed by atoms with E-state index in [2.05, 4.69) is 46.6 Å². The van der Waals surface area contributed by atoms with Gasteiger partial charge in [-0.3, -0.25) is 29.3 Å². The number of ether oxygens (including phenoxy) is 2. The maximum atomic E-state index is 13.4. The molecule has 1 aliphatic carbocycles. The minimum atomic E-state index is -0.788. The number of hydrogen-bond acceptors (Lipinski definition) is 10. The number of rotatable bonds is 15. The zero-order valence-corrected chi connectivity index (χ0v) is 31.0. The van der Waals surface area contributed by atoms with Gasteiger partial charge in [-0.05, 0) is 66.4 Å². The van der Waals surface area contributed by atoms with Gasteiger partial charge in [0.1, 0.15) is 23.6 Å². The average Bonchev–Trinajstić information content (AvgIpc) is 3.16. The van der Waals surface area contributed by atoms with Gasteiger partial charge in [0.05, 0.1) is 18.0 Å². The zero-order valence-electron chi connectivity index (χ0n) is 31.0. The van der Waals surface area contributed by atoms with E-state index in [1.165, 1.54) is 24.3 Å². The molecule has 1 aromatic heterocycles. The first kappa shape index (κ1) is 37.8. The minimum Gasteiger partial charge on any atom is -0.490 e. The van der Waals surface area contributed by atoms with E-state index in [4.69, 9.17) is 9.47 Å². The van der Waals surface area contributed by atoms with Crippen molar-refractivity contribution in [1.82, 2.24) is 20.2 Å². The van der Waals surface area contributed by atoms with E-state index in [1.54, 1.807) is 18.2 Å². The van der Waals surface area contributed by atoms with E-state index in [9.17, 15) is 24.0 Å². The molecular formula is C42H45N5O7. The molecule has 0 radical (unpaired) electrons. The number of unbranched alkanes of at least 4 members (excludes halogenated alkanes) is 1. The molecule has 4 aromatic rings. The first-order chi connectivity index (χ1) is 25.9. The Kier molecular flexibility index (Phi) is 11.5. The minimum absolute atomic E-state index is 0.0195. The lowest BCUT2D eigenvalue weighted by molar-refractivity contribution is -0.136. The quantitative estimate of drug-likeness (QED) is 0.0768. The topological polar surface area (TPSA) is 157 Å². The second-order valence-electron chi connectivity index (χ2n) is 14.4. The number of benzene rings is 3. The van der Waals surface area contributed by atoms with Gasteiger partial charge in [-0.1, -0.05) is 51.5 Å². The molecule has 2 fully saturated rings. The Morgan fingerprint density at radius 2 is 1.59 bits per heavy atom. The summed E-state index contributed by atoms with van der Waals surface area (Å²) in [5, 5.41) is 5.70. The molecule has 3 amide bonds. The van der Waals surface area contributed by atoms with E-state index in [0.717, 1.165) is 42.6 Å². The summed E-state index contributed by atoms with van der Waals surface area (Å²) in [6, 6.07) is 20.3. The van der Waals surface area contributed by atoms with Crippen molar-refractivity contribution >= 4 is 35.5 Å². The highest BCUT2D eigenvalue weighted by atomic mass is 16.5. The SMILES string of the molecule is CCCCC(=O)c1ncc(Oc2ccc(C(C)(C)c3ccc(O[C@H]4C[C@H](Nc5ccc(C=O)c(C(=O)N(C)C6CCC(=O)NC6=O)c5)C4)cc3)cc2)cn1. The number of nitrogens with zero attached hydrogens (tertiary/aromatic N) is 3. The maximum absolute atomic E-state index is 13.4.